The molecule has 31 heavy (non-hydrogen) atoms. The molecule has 0 aliphatic carbocycles. The van der Waals surface area contributed by atoms with Crippen LogP contribution in [0, 0.1) is 18.8 Å². The van der Waals surface area contributed by atoms with Crippen LogP contribution < -0.4 is 11.3 Å². The van der Waals surface area contributed by atoms with Crippen LogP contribution in [-0.4, -0.2) is 39.8 Å². The predicted octanol–water partition coefficient (Wildman–Crippen LogP) is 3.02. The molecular weight excluding hydrogens is 386 g/mol. The zero-order valence-electron chi connectivity index (χ0n) is 18.0. The molecule has 2 heterocycles. The van der Waals surface area contributed by atoms with E-state index in [4.69, 9.17) is 5.73 Å². The molecule has 0 aliphatic rings. The van der Waals surface area contributed by atoms with Crippen molar-refractivity contribution in [1.29, 1.82) is 0 Å². The van der Waals surface area contributed by atoms with E-state index in [1.807, 2.05) is 31.2 Å². The van der Waals surface area contributed by atoms with Crippen LogP contribution >= 0.6 is 0 Å². The van der Waals surface area contributed by atoms with Crippen molar-refractivity contribution in [2.24, 2.45) is 5.73 Å². The maximum absolute atomic E-state index is 13.0. The minimum absolute atomic E-state index is 0.0245. The van der Waals surface area contributed by atoms with Crippen LogP contribution in [-0.2, 0) is 13.1 Å². The molecule has 0 radical (unpaired) electrons. The second-order valence-corrected chi connectivity index (χ2v) is 7.86. The van der Waals surface area contributed by atoms with Gasteiger partial charge >= 0.3 is 0 Å². The topological polar surface area (TPSA) is 79.9 Å². The van der Waals surface area contributed by atoms with Gasteiger partial charge in [0.05, 0.1) is 17.4 Å². The summed E-state index contributed by atoms with van der Waals surface area (Å²) < 4.78 is 1.80. The Morgan fingerprint density at radius 2 is 2.00 bits per heavy atom. The van der Waals surface area contributed by atoms with Crippen LogP contribution in [0.3, 0.4) is 0 Å². The molecule has 0 bridgehead atoms. The Kier molecular flexibility index (Phi) is 6.17. The lowest BCUT2D eigenvalue weighted by atomic mass is 10.1. The monoisotopic (exact) mass is 413 g/mol. The first kappa shape index (κ1) is 20.9. The highest BCUT2D eigenvalue weighted by molar-refractivity contribution is 6.04. The molecule has 0 aliphatic heterocycles. The maximum Gasteiger partial charge on any atom is 0.262 e. The van der Waals surface area contributed by atoms with Crippen molar-refractivity contribution in [2.45, 2.75) is 26.4 Å². The van der Waals surface area contributed by atoms with Crippen LogP contribution in [0.4, 0.5) is 0 Å². The number of benzene rings is 2. The van der Waals surface area contributed by atoms with Crippen molar-refractivity contribution in [1.82, 2.24) is 19.7 Å². The van der Waals surface area contributed by atoms with E-state index >= 15 is 0 Å². The lowest BCUT2D eigenvalue weighted by Gasteiger charge is -2.13. The highest BCUT2D eigenvalue weighted by Gasteiger charge is 2.15. The van der Waals surface area contributed by atoms with Crippen LogP contribution in [0.2, 0.25) is 0 Å². The fourth-order valence-corrected chi connectivity index (χ4v) is 3.87. The van der Waals surface area contributed by atoms with Crippen LogP contribution in [0.5, 0.6) is 0 Å². The van der Waals surface area contributed by atoms with Crippen LogP contribution in [0.1, 0.15) is 23.2 Å². The van der Waals surface area contributed by atoms with Crippen molar-refractivity contribution in [3.05, 3.63) is 75.7 Å². The average Bonchev–Trinajstić information content (AvgIpc) is 3.16. The van der Waals surface area contributed by atoms with Crippen molar-refractivity contribution >= 4 is 21.8 Å². The molecule has 158 valence electrons. The highest BCUT2D eigenvalue weighted by Crippen LogP contribution is 2.24. The molecule has 0 unspecified atom stereocenters. The third-order valence-electron chi connectivity index (χ3n) is 5.41. The Morgan fingerprint density at radius 1 is 1.19 bits per heavy atom. The van der Waals surface area contributed by atoms with Crippen LogP contribution in [0.25, 0.3) is 21.8 Å². The van der Waals surface area contributed by atoms with E-state index in [-0.39, 0.29) is 5.56 Å². The average molecular weight is 414 g/mol. The first-order valence-electron chi connectivity index (χ1n) is 10.5. The Bertz CT molecular complexity index is 1320. The number of nitrogens with one attached hydrogen (secondary N) is 1. The van der Waals surface area contributed by atoms with E-state index in [9.17, 15) is 4.79 Å². The van der Waals surface area contributed by atoms with Crippen molar-refractivity contribution in [3.63, 3.8) is 0 Å². The van der Waals surface area contributed by atoms with E-state index in [0.29, 0.717) is 30.5 Å². The van der Waals surface area contributed by atoms with Gasteiger partial charge in [-0.3, -0.25) is 14.8 Å². The lowest BCUT2D eigenvalue weighted by molar-refractivity contribution is 0.369. The number of aromatic nitrogens is 3. The van der Waals surface area contributed by atoms with E-state index in [2.05, 4.69) is 58.3 Å². The number of pyridine rings is 1. The zero-order valence-corrected chi connectivity index (χ0v) is 18.0. The minimum Gasteiger partial charge on any atom is -0.330 e. The number of nitrogens with two attached hydrogens (primary N) is 1. The summed E-state index contributed by atoms with van der Waals surface area (Å²) in [6.07, 6.45) is 0.743. The minimum atomic E-state index is -0.0245. The van der Waals surface area contributed by atoms with Gasteiger partial charge in [-0.05, 0) is 50.7 Å². The molecule has 6 nitrogen and oxygen atoms in total. The molecule has 2 aromatic carbocycles. The summed E-state index contributed by atoms with van der Waals surface area (Å²) in [6, 6.07) is 16.3. The van der Waals surface area contributed by atoms with Gasteiger partial charge in [0.25, 0.3) is 5.56 Å². The Balaban J connectivity index is 1.65. The number of hydrogen-bond acceptors (Lipinski definition) is 4. The largest absolute Gasteiger partial charge is 0.330 e. The van der Waals surface area contributed by atoms with Gasteiger partial charge in [0.1, 0.15) is 5.52 Å². The molecule has 0 fully saturated rings. The fraction of sp³-hybridized carbons (Fsp3) is 0.280. The van der Waals surface area contributed by atoms with E-state index < -0.39 is 0 Å². The number of aromatic amines is 1. The molecule has 4 aromatic rings. The number of aryl methyl sites for hydroxylation is 2. The quantitative estimate of drug-likeness (QED) is 0.476. The van der Waals surface area contributed by atoms with Crippen LogP contribution in [0.15, 0.2) is 53.3 Å². The molecule has 0 saturated heterocycles. The summed E-state index contributed by atoms with van der Waals surface area (Å²) in [6.45, 7) is 4.52. The van der Waals surface area contributed by atoms with Gasteiger partial charge in [-0.1, -0.05) is 42.2 Å². The zero-order chi connectivity index (χ0) is 21.8. The van der Waals surface area contributed by atoms with E-state index in [0.717, 1.165) is 35.1 Å². The molecule has 0 spiro atoms. The van der Waals surface area contributed by atoms with Gasteiger partial charge in [-0.15, -0.1) is 0 Å². The first-order valence-corrected chi connectivity index (χ1v) is 10.5. The summed E-state index contributed by atoms with van der Waals surface area (Å²) in [7, 11) is 2.06. The number of H-pyrrole nitrogens is 1. The number of nitrogens with zero attached hydrogens (tertiary/aromatic N) is 3. The molecule has 4 rings (SSSR count). The molecule has 3 N–H and O–H groups in total. The predicted molar refractivity (Wildman–Crippen MR) is 126 cm³/mol. The third-order valence-corrected chi connectivity index (χ3v) is 5.41. The van der Waals surface area contributed by atoms with Gasteiger partial charge in [-0.2, -0.15) is 5.10 Å². The molecule has 0 saturated carbocycles. The van der Waals surface area contributed by atoms with Crippen molar-refractivity contribution in [2.75, 3.05) is 20.1 Å². The SMILES string of the molecule is Cc1[nH]nc2c1c(=O)n(CCCN)c1ccc(C#CCN(C)Cc3ccccc3)cc21. The Hall–Kier alpha value is -3.40. The van der Waals surface area contributed by atoms with Gasteiger partial charge in [0, 0.05) is 29.7 Å². The third kappa shape index (κ3) is 4.38. The van der Waals surface area contributed by atoms with E-state index in [1.165, 1.54) is 5.56 Å². The smallest absolute Gasteiger partial charge is 0.262 e. The summed E-state index contributed by atoms with van der Waals surface area (Å²) in [4.78, 5) is 15.2. The normalized spacial score (nSPS) is 11.2. The molecule has 6 heteroatoms. The van der Waals surface area contributed by atoms with Gasteiger partial charge in [0.2, 0.25) is 0 Å². The molecule has 0 amide bonds. The summed E-state index contributed by atoms with van der Waals surface area (Å²) in [5.41, 5.74) is 10.2. The maximum atomic E-state index is 13.0. The second-order valence-electron chi connectivity index (χ2n) is 7.86. The molecule has 2 aromatic heterocycles. The van der Waals surface area contributed by atoms with Gasteiger partial charge < -0.3 is 10.3 Å². The standard InChI is InChI=1S/C25H27N5O/c1-18-23-24(28-27-18)21-16-19(11-12-22(21)30(25(23)31)15-7-13-26)10-6-14-29(2)17-20-8-4-3-5-9-20/h3-5,8-9,11-12,16H,7,13-15,17,26H2,1-2H3,(H,27,28). The number of hydrogen-bond donors (Lipinski definition) is 2. The van der Waals surface area contributed by atoms with Gasteiger partial charge in [-0.25, -0.2) is 0 Å². The van der Waals surface area contributed by atoms with Crippen molar-refractivity contribution in [3.8, 4) is 11.8 Å². The summed E-state index contributed by atoms with van der Waals surface area (Å²) >= 11 is 0. The number of fused-ring (bicyclic) bond motifs is 3. The highest BCUT2D eigenvalue weighted by atomic mass is 16.1. The molecular formula is C25H27N5O. The molecule has 0 atom stereocenters. The summed E-state index contributed by atoms with van der Waals surface area (Å²) in [5, 5.41) is 8.94. The Labute approximate surface area is 181 Å². The fourth-order valence-electron chi connectivity index (χ4n) is 3.87. The second kappa shape index (κ2) is 9.17. The van der Waals surface area contributed by atoms with Gasteiger partial charge in [0.15, 0.2) is 0 Å². The van der Waals surface area contributed by atoms with E-state index in [1.54, 1.807) is 4.57 Å². The lowest BCUT2D eigenvalue weighted by Crippen LogP contribution is -2.22. The summed E-state index contributed by atoms with van der Waals surface area (Å²) in [5.74, 6) is 6.53. The first-order chi connectivity index (χ1) is 15.1. The Morgan fingerprint density at radius 3 is 2.77 bits per heavy atom. The van der Waals surface area contributed by atoms with Crippen molar-refractivity contribution < 1.29 is 0 Å². The number of rotatable bonds is 6.